The number of thioether (sulfide) groups is 1. The molecule has 174 valence electrons. The van der Waals surface area contributed by atoms with Crippen molar-refractivity contribution in [3.05, 3.63) is 30.3 Å². The molecule has 1 saturated heterocycles. The number of carbonyl (C=O) groups is 1. The number of phosphoric acid groups is 3. The highest BCUT2D eigenvalue weighted by atomic mass is 32.2. The molecule has 1 aliphatic heterocycles. The SMILES string of the molecule is BC1CC(OC(=O)COc2ccccc2)C(COP(=O)(O)OP(=O)(O)OP(=O)(O)O)S1. The molecule has 1 aromatic carbocycles. The molecule has 5 unspecified atom stereocenters. The molecule has 1 heterocycles. The van der Waals surface area contributed by atoms with Crippen molar-refractivity contribution >= 4 is 49.0 Å². The summed E-state index contributed by atoms with van der Waals surface area (Å²) in [5.41, 5.74) is 0. The molecule has 0 aromatic heterocycles. The van der Waals surface area contributed by atoms with Gasteiger partial charge in [0.2, 0.25) is 0 Å². The molecule has 0 saturated carbocycles. The van der Waals surface area contributed by atoms with Crippen LogP contribution in [0.2, 0.25) is 0 Å². The normalized spacial score (nSPS) is 25.4. The Morgan fingerprint density at radius 2 is 1.71 bits per heavy atom. The van der Waals surface area contributed by atoms with Crippen LogP contribution < -0.4 is 4.74 Å². The van der Waals surface area contributed by atoms with Gasteiger partial charge in [-0.1, -0.05) is 18.2 Å². The van der Waals surface area contributed by atoms with E-state index in [2.05, 4.69) is 13.1 Å². The summed E-state index contributed by atoms with van der Waals surface area (Å²) in [7, 11) is -14.5. The van der Waals surface area contributed by atoms with Crippen molar-refractivity contribution in [3.8, 4) is 5.75 Å². The molecule has 1 aromatic rings. The third-order valence-corrected chi connectivity index (χ3v) is 8.84. The molecule has 1 fully saturated rings. The standard InChI is InChI=1S/C13H20BO13P3S/c14-12-6-10(25-13(15)8-23-9-4-2-1-3-5-9)11(31-12)7-24-29(19,20)27-30(21,22)26-28(16,17)18/h1-5,10-12H,6-8,14H2,(H,19,20)(H,21,22)(H2,16,17,18). The molecule has 1 aliphatic rings. The third-order valence-electron chi connectivity index (χ3n) is 3.59. The zero-order chi connectivity index (χ0) is 23.3. The smallest absolute Gasteiger partial charge is 0.482 e. The van der Waals surface area contributed by atoms with E-state index in [1.54, 1.807) is 30.3 Å². The summed E-state index contributed by atoms with van der Waals surface area (Å²) in [5, 5.41) is -0.622. The second-order valence-corrected chi connectivity index (χ2v) is 12.3. The molecule has 0 aliphatic carbocycles. The van der Waals surface area contributed by atoms with Crippen LogP contribution in [0.5, 0.6) is 5.75 Å². The first-order valence-electron chi connectivity index (χ1n) is 8.56. The largest absolute Gasteiger partial charge is 0.490 e. The average molecular weight is 520 g/mol. The van der Waals surface area contributed by atoms with Crippen LogP contribution in [-0.2, 0) is 36.4 Å². The number of para-hydroxylation sites is 1. The minimum atomic E-state index is -5.60. The molecular weight excluding hydrogens is 500 g/mol. The van der Waals surface area contributed by atoms with Crippen molar-refractivity contribution in [2.45, 2.75) is 22.9 Å². The second kappa shape index (κ2) is 11.0. The lowest BCUT2D eigenvalue weighted by molar-refractivity contribution is -0.151. The van der Waals surface area contributed by atoms with Crippen LogP contribution >= 0.6 is 35.2 Å². The predicted molar refractivity (Wildman–Crippen MR) is 110 cm³/mol. The van der Waals surface area contributed by atoms with Crippen molar-refractivity contribution in [1.29, 1.82) is 0 Å². The van der Waals surface area contributed by atoms with Gasteiger partial charge in [-0.25, -0.2) is 18.5 Å². The molecule has 2 rings (SSSR count). The molecule has 0 spiro atoms. The van der Waals surface area contributed by atoms with Crippen molar-refractivity contribution in [1.82, 2.24) is 0 Å². The van der Waals surface area contributed by atoms with Crippen LogP contribution in [-0.4, -0.2) is 63.1 Å². The van der Waals surface area contributed by atoms with Crippen molar-refractivity contribution < 1.29 is 60.7 Å². The maximum Gasteiger partial charge on any atom is 0.490 e. The lowest BCUT2D eigenvalue weighted by atomic mass is 9.97. The van der Waals surface area contributed by atoms with Gasteiger partial charge in [0.1, 0.15) is 19.7 Å². The number of benzene rings is 1. The summed E-state index contributed by atoms with van der Waals surface area (Å²) >= 11 is 1.28. The van der Waals surface area contributed by atoms with Crippen LogP contribution in [0.25, 0.3) is 0 Å². The highest BCUT2D eigenvalue weighted by Crippen LogP contribution is 2.66. The predicted octanol–water partition coefficient (Wildman–Crippen LogP) is 0.785. The van der Waals surface area contributed by atoms with Gasteiger partial charge in [-0.15, -0.1) is 0 Å². The molecule has 5 atom stereocenters. The molecule has 31 heavy (non-hydrogen) atoms. The van der Waals surface area contributed by atoms with Crippen molar-refractivity contribution in [3.63, 3.8) is 0 Å². The highest BCUT2D eigenvalue weighted by molar-refractivity contribution is 8.01. The van der Waals surface area contributed by atoms with Gasteiger partial charge < -0.3 is 29.0 Å². The highest BCUT2D eigenvalue weighted by Gasteiger charge is 2.42. The molecule has 0 bridgehead atoms. The molecule has 4 N–H and O–H groups in total. The number of phosphoric ester groups is 1. The molecule has 0 amide bonds. The quantitative estimate of drug-likeness (QED) is 0.182. The van der Waals surface area contributed by atoms with Crippen LogP contribution in [0.4, 0.5) is 0 Å². The Hall–Kier alpha value is -0.685. The first kappa shape index (κ1) is 26.6. The summed E-state index contributed by atoms with van der Waals surface area (Å²) < 4.78 is 56.4. The minimum Gasteiger partial charge on any atom is -0.482 e. The maximum atomic E-state index is 12.1. The van der Waals surface area contributed by atoms with E-state index in [9.17, 15) is 23.4 Å². The first-order chi connectivity index (χ1) is 14.2. The van der Waals surface area contributed by atoms with Gasteiger partial charge in [-0.2, -0.15) is 20.4 Å². The van der Waals surface area contributed by atoms with Gasteiger partial charge in [-0.3, -0.25) is 4.52 Å². The third kappa shape index (κ3) is 10.2. The number of carbonyl (C=O) groups excluding carboxylic acids is 1. The van der Waals surface area contributed by atoms with E-state index in [1.807, 2.05) is 7.85 Å². The maximum absolute atomic E-state index is 12.1. The zero-order valence-electron chi connectivity index (χ0n) is 16.0. The van der Waals surface area contributed by atoms with Gasteiger partial charge in [0.15, 0.2) is 6.61 Å². The Morgan fingerprint density at radius 1 is 1.06 bits per heavy atom. The van der Waals surface area contributed by atoms with E-state index in [1.165, 1.54) is 11.8 Å². The number of esters is 1. The van der Waals surface area contributed by atoms with Crippen LogP contribution in [0.1, 0.15) is 6.42 Å². The fraction of sp³-hybridized carbons (Fsp3) is 0.462. The fourth-order valence-electron chi connectivity index (χ4n) is 2.52. The van der Waals surface area contributed by atoms with Gasteiger partial charge in [0, 0.05) is 0 Å². The van der Waals surface area contributed by atoms with Gasteiger partial charge in [0.25, 0.3) is 0 Å². The molecule has 13 nitrogen and oxygen atoms in total. The van der Waals surface area contributed by atoms with E-state index < -0.39 is 47.4 Å². The van der Waals surface area contributed by atoms with Crippen LogP contribution in [0.3, 0.4) is 0 Å². The summed E-state index contributed by atoms with van der Waals surface area (Å²) in [6, 6.07) is 8.56. The van der Waals surface area contributed by atoms with Crippen molar-refractivity contribution in [2.75, 3.05) is 13.2 Å². The number of ether oxygens (including phenoxy) is 2. The fourth-order valence-corrected chi connectivity index (χ4v) is 7.05. The van der Waals surface area contributed by atoms with Gasteiger partial charge in [0.05, 0.1) is 11.9 Å². The summed E-state index contributed by atoms with van der Waals surface area (Å²) in [6.45, 7) is -0.891. The average Bonchev–Trinajstić information content (AvgIpc) is 2.95. The number of rotatable bonds is 11. The summed E-state index contributed by atoms with van der Waals surface area (Å²) in [6.07, 6.45) is -0.300. The molecule has 0 radical (unpaired) electrons. The number of hydrogen-bond acceptors (Lipinski definition) is 10. The summed E-state index contributed by atoms with van der Waals surface area (Å²) in [4.78, 5) is 47.8. The Morgan fingerprint density at radius 3 is 2.32 bits per heavy atom. The topological polar surface area (TPSA) is 195 Å². The number of hydrogen-bond donors (Lipinski definition) is 4. The van der Waals surface area contributed by atoms with Gasteiger partial charge in [-0.05, 0) is 23.7 Å². The van der Waals surface area contributed by atoms with Crippen LogP contribution in [0, 0.1) is 0 Å². The van der Waals surface area contributed by atoms with E-state index in [-0.39, 0.29) is 11.8 Å². The lowest BCUT2D eigenvalue weighted by Crippen LogP contribution is -2.30. The first-order valence-corrected chi connectivity index (χ1v) is 14.0. The van der Waals surface area contributed by atoms with E-state index in [0.29, 0.717) is 12.2 Å². The van der Waals surface area contributed by atoms with Crippen LogP contribution in [0.15, 0.2) is 30.3 Å². The Kier molecular flexibility index (Phi) is 9.39. The monoisotopic (exact) mass is 520 g/mol. The van der Waals surface area contributed by atoms with Gasteiger partial charge >= 0.3 is 29.4 Å². The van der Waals surface area contributed by atoms with E-state index in [0.717, 1.165) is 0 Å². The van der Waals surface area contributed by atoms with Crippen molar-refractivity contribution in [2.24, 2.45) is 0 Å². The minimum absolute atomic E-state index is 0.00219. The lowest BCUT2D eigenvalue weighted by Gasteiger charge is -2.21. The Labute approximate surface area is 182 Å². The molecule has 18 heteroatoms. The Bertz CT molecular complexity index is 896. The van der Waals surface area contributed by atoms with E-state index in [4.69, 9.17) is 24.2 Å². The van der Waals surface area contributed by atoms with E-state index >= 15 is 0 Å². The second-order valence-electron chi connectivity index (χ2n) is 6.24. The Balaban J connectivity index is 1.87. The summed E-state index contributed by atoms with van der Waals surface area (Å²) in [5.74, 6) is -0.204. The zero-order valence-corrected chi connectivity index (χ0v) is 19.5. The molecular formula is C13H20BO13P3S.